The predicted molar refractivity (Wildman–Crippen MR) is 45.4 cm³/mol. The highest BCUT2D eigenvalue weighted by Gasteiger charge is 2.31. The van der Waals surface area contributed by atoms with E-state index in [1.165, 1.54) is 6.08 Å². The Labute approximate surface area is 79.1 Å². The lowest BCUT2D eigenvalue weighted by Gasteiger charge is -2.10. The van der Waals surface area contributed by atoms with Crippen molar-refractivity contribution in [2.24, 2.45) is 0 Å². The molecule has 0 amide bonds. The molecule has 0 spiro atoms. The molecule has 5 nitrogen and oxygen atoms in total. The second-order valence-electron chi connectivity index (χ2n) is 3.17. The van der Waals surface area contributed by atoms with Crippen molar-refractivity contribution in [3.8, 4) is 0 Å². The number of carbonyl (C=O) groups is 3. The number of nitrogens with one attached hydrogen (secondary N) is 1. The van der Waals surface area contributed by atoms with Gasteiger partial charge >= 0.3 is 5.97 Å². The summed E-state index contributed by atoms with van der Waals surface area (Å²) in [6, 6.07) is -0.824. The van der Waals surface area contributed by atoms with Crippen molar-refractivity contribution in [3.63, 3.8) is 0 Å². The van der Waals surface area contributed by atoms with Crippen LogP contribution >= 0.6 is 0 Å². The first-order valence-corrected chi connectivity index (χ1v) is 4.07. The number of carboxylic acids is 1. The van der Waals surface area contributed by atoms with E-state index in [4.69, 9.17) is 5.11 Å². The average molecular weight is 193 g/mol. The number of hydrogen-bond acceptors (Lipinski definition) is 4. The van der Waals surface area contributed by atoms with Gasteiger partial charge in [-0.15, -0.1) is 0 Å². The molecule has 1 aliphatic carbocycles. The highest BCUT2D eigenvalue weighted by atomic mass is 16.4. The van der Waals surface area contributed by atoms with Gasteiger partial charge in [0.05, 0.1) is 0 Å². The van der Waals surface area contributed by atoms with Crippen LogP contribution in [-0.2, 0) is 14.4 Å². The molecule has 0 aromatic heterocycles. The molecule has 2 rings (SSSR count). The maximum Gasteiger partial charge on any atom is 0.330 e. The average Bonchev–Trinajstić information content (AvgIpc) is 2.48. The van der Waals surface area contributed by atoms with Gasteiger partial charge < -0.3 is 10.4 Å². The fourth-order valence-electron chi connectivity index (χ4n) is 1.49. The van der Waals surface area contributed by atoms with Gasteiger partial charge in [0.1, 0.15) is 6.04 Å². The molecule has 2 aliphatic rings. The lowest BCUT2D eigenvalue weighted by Crippen LogP contribution is -2.31. The normalized spacial score (nSPS) is 25.0. The van der Waals surface area contributed by atoms with Crippen LogP contribution in [0.25, 0.3) is 0 Å². The second kappa shape index (κ2) is 2.80. The van der Waals surface area contributed by atoms with Crippen LogP contribution in [-0.4, -0.2) is 28.7 Å². The molecule has 0 radical (unpaired) electrons. The van der Waals surface area contributed by atoms with Crippen molar-refractivity contribution >= 4 is 17.5 Å². The van der Waals surface area contributed by atoms with Gasteiger partial charge in [0.2, 0.25) is 11.6 Å². The summed E-state index contributed by atoms with van der Waals surface area (Å²) in [7, 11) is 0. The van der Waals surface area contributed by atoms with Crippen LogP contribution in [0.5, 0.6) is 0 Å². The van der Waals surface area contributed by atoms with Gasteiger partial charge in [-0.25, -0.2) is 4.79 Å². The minimum atomic E-state index is -1.02. The van der Waals surface area contributed by atoms with E-state index in [0.717, 1.165) is 6.08 Å². The molecule has 0 aromatic rings. The Morgan fingerprint density at radius 2 is 2.21 bits per heavy atom. The summed E-state index contributed by atoms with van der Waals surface area (Å²) >= 11 is 0. The molecule has 72 valence electrons. The number of ketones is 2. The van der Waals surface area contributed by atoms with Crippen LogP contribution < -0.4 is 5.32 Å². The Bertz CT molecular complexity index is 405. The topological polar surface area (TPSA) is 83.5 Å². The molecule has 1 unspecified atom stereocenters. The largest absolute Gasteiger partial charge is 0.479 e. The predicted octanol–water partition coefficient (Wildman–Crippen LogP) is -0.605. The van der Waals surface area contributed by atoms with Crippen LogP contribution in [0.15, 0.2) is 23.4 Å². The Morgan fingerprint density at radius 1 is 1.50 bits per heavy atom. The molecule has 14 heavy (non-hydrogen) atoms. The first-order chi connectivity index (χ1) is 6.58. The summed E-state index contributed by atoms with van der Waals surface area (Å²) in [5.41, 5.74) is 1.06. The van der Waals surface area contributed by atoms with Crippen molar-refractivity contribution in [1.82, 2.24) is 5.32 Å². The summed E-state index contributed by atoms with van der Waals surface area (Å²) in [5, 5.41) is 11.3. The summed E-state index contributed by atoms with van der Waals surface area (Å²) in [4.78, 5) is 32.6. The fraction of sp³-hybridized carbons (Fsp3) is 0.222. The quantitative estimate of drug-likeness (QED) is 0.543. The number of Topliss-reactive ketones (excluding diaryl/α,β-unsaturated/α-hetero) is 1. The summed E-state index contributed by atoms with van der Waals surface area (Å²) < 4.78 is 0. The van der Waals surface area contributed by atoms with Gasteiger partial charge in [-0.2, -0.15) is 0 Å². The monoisotopic (exact) mass is 193 g/mol. The van der Waals surface area contributed by atoms with Crippen LogP contribution in [0.1, 0.15) is 6.42 Å². The number of allylic oxidation sites excluding steroid dienone is 2. The van der Waals surface area contributed by atoms with E-state index < -0.39 is 23.6 Å². The maximum atomic E-state index is 11.0. The molecule has 0 aromatic carbocycles. The lowest BCUT2D eigenvalue weighted by atomic mass is 9.98. The minimum Gasteiger partial charge on any atom is -0.479 e. The molecule has 1 atom stereocenters. The Hall–Kier alpha value is -1.91. The van der Waals surface area contributed by atoms with Crippen molar-refractivity contribution in [1.29, 1.82) is 0 Å². The molecule has 0 saturated heterocycles. The Kier molecular flexibility index (Phi) is 1.73. The third-order valence-corrected chi connectivity index (χ3v) is 2.19. The molecule has 1 aliphatic heterocycles. The van der Waals surface area contributed by atoms with Gasteiger partial charge in [0, 0.05) is 18.2 Å². The van der Waals surface area contributed by atoms with Gasteiger partial charge in [-0.3, -0.25) is 9.59 Å². The van der Waals surface area contributed by atoms with Gasteiger partial charge in [0.15, 0.2) is 0 Å². The molecule has 0 saturated carbocycles. The smallest absolute Gasteiger partial charge is 0.330 e. The second-order valence-corrected chi connectivity index (χ2v) is 3.17. The van der Waals surface area contributed by atoms with Gasteiger partial charge in [0.25, 0.3) is 0 Å². The zero-order chi connectivity index (χ0) is 10.3. The number of carboxylic acid groups (broad SMARTS) is 1. The van der Waals surface area contributed by atoms with Crippen LogP contribution in [0.2, 0.25) is 0 Å². The Balaban J connectivity index is 2.33. The third kappa shape index (κ3) is 1.22. The summed E-state index contributed by atoms with van der Waals surface area (Å²) in [5.74, 6) is -2.09. The van der Waals surface area contributed by atoms with Crippen molar-refractivity contribution in [2.45, 2.75) is 12.5 Å². The highest BCUT2D eigenvalue weighted by molar-refractivity contribution is 6.43. The molecule has 0 bridgehead atoms. The van der Waals surface area contributed by atoms with E-state index in [-0.39, 0.29) is 6.42 Å². The van der Waals surface area contributed by atoms with Crippen LogP contribution in [0.4, 0.5) is 0 Å². The Morgan fingerprint density at radius 3 is 2.86 bits per heavy atom. The third-order valence-electron chi connectivity index (χ3n) is 2.19. The number of aliphatic carboxylic acids is 1. The van der Waals surface area contributed by atoms with Crippen molar-refractivity contribution in [3.05, 3.63) is 23.4 Å². The first-order valence-electron chi connectivity index (χ1n) is 4.07. The van der Waals surface area contributed by atoms with E-state index in [0.29, 0.717) is 11.3 Å². The number of hydrogen-bond donors (Lipinski definition) is 2. The van der Waals surface area contributed by atoms with Crippen molar-refractivity contribution < 1.29 is 19.5 Å². The summed E-state index contributed by atoms with van der Waals surface area (Å²) in [6.07, 6.45) is 2.61. The first kappa shape index (κ1) is 8.68. The highest BCUT2D eigenvalue weighted by Crippen LogP contribution is 2.24. The molecule has 5 heteroatoms. The lowest BCUT2D eigenvalue weighted by molar-refractivity contribution is -0.137. The SMILES string of the molecule is O=C1C=C2NC(C(=O)O)C=C2CC1=O. The number of carbonyl (C=O) groups excluding carboxylic acids is 2. The van der Waals surface area contributed by atoms with E-state index in [2.05, 4.69) is 5.32 Å². The van der Waals surface area contributed by atoms with Gasteiger partial charge in [-0.05, 0) is 11.6 Å². The standard InChI is InChI=1S/C9H7NO4/c11-7-2-4-1-6(9(13)14)10-5(4)3-8(7)12/h1,3,6,10H,2H2,(H,13,14). The van der Waals surface area contributed by atoms with E-state index in [1.54, 1.807) is 0 Å². The maximum absolute atomic E-state index is 11.0. The number of fused-ring (bicyclic) bond motifs is 1. The van der Waals surface area contributed by atoms with E-state index >= 15 is 0 Å². The zero-order valence-corrected chi connectivity index (χ0v) is 7.11. The summed E-state index contributed by atoms with van der Waals surface area (Å²) in [6.45, 7) is 0. The van der Waals surface area contributed by atoms with Gasteiger partial charge in [-0.1, -0.05) is 0 Å². The molecule has 1 heterocycles. The molecular formula is C9H7NO4. The zero-order valence-electron chi connectivity index (χ0n) is 7.11. The molecular weight excluding hydrogens is 186 g/mol. The van der Waals surface area contributed by atoms with E-state index in [1.807, 2.05) is 0 Å². The minimum absolute atomic E-state index is 0.00144. The van der Waals surface area contributed by atoms with Crippen LogP contribution in [0, 0.1) is 0 Å². The fourth-order valence-corrected chi connectivity index (χ4v) is 1.49. The van der Waals surface area contributed by atoms with Crippen molar-refractivity contribution in [2.75, 3.05) is 0 Å². The molecule has 0 fully saturated rings. The van der Waals surface area contributed by atoms with E-state index in [9.17, 15) is 14.4 Å². The molecule has 2 N–H and O–H groups in total. The van der Waals surface area contributed by atoms with Crippen LogP contribution in [0.3, 0.4) is 0 Å². The number of rotatable bonds is 1.